The summed E-state index contributed by atoms with van der Waals surface area (Å²) >= 11 is 0. The molecule has 6 nitrogen and oxygen atoms in total. The second kappa shape index (κ2) is 4.56. The van der Waals surface area contributed by atoms with Gasteiger partial charge in [0.05, 0.1) is 6.61 Å². The normalized spacial score (nSPS) is 46.5. The van der Waals surface area contributed by atoms with Crippen molar-refractivity contribution >= 4 is 0 Å². The Morgan fingerprint density at radius 2 is 1.87 bits per heavy atom. The molecule has 5 N–H and O–H groups in total. The maximum atomic E-state index is 9.80. The molecule has 15 heavy (non-hydrogen) atoms. The van der Waals surface area contributed by atoms with Gasteiger partial charge in [0.15, 0.2) is 5.79 Å². The predicted octanol–water partition coefficient (Wildman–Crippen LogP) is -2.28. The van der Waals surface area contributed by atoms with Crippen molar-refractivity contribution in [1.82, 2.24) is 0 Å². The van der Waals surface area contributed by atoms with Crippen LogP contribution in [0, 0.1) is 0 Å². The molecule has 0 radical (unpaired) electrons. The fourth-order valence-electron chi connectivity index (χ4n) is 1.60. The highest BCUT2D eigenvalue weighted by atomic mass is 16.7. The van der Waals surface area contributed by atoms with Crippen LogP contribution in [0.25, 0.3) is 0 Å². The molecule has 1 saturated heterocycles. The number of hydrogen-bond donors (Lipinski definition) is 5. The fraction of sp³-hybridized carbons (Fsp3) is 0.778. The summed E-state index contributed by atoms with van der Waals surface area (Å²) in [6.07, 6.45) is -4.59. The van der Waals surface area contributed by atoms with E-state index in [9.17, 15) is 20.4 Å². The zero-order valence-electron chi connectivity index (χ0n) is 8.15. The topological polar surface area (TPSA) is 110 Å². The SMILES string of the molecule is C=CCC1(O)O[C@H](CO)[C@H](O)[C@H](O)[C@H]1O. The van der Waals surface area contributed by atoms with Crippen LogP contribution in [-0.2, 0) is 4.74 Å². The van der Waals surface area contributed by atoms with Crippen LogP contribution in [0.15, 0.2) is 12.7 Å². The highest BCUT2D eigenvalue weighted by Crippen LogP contribution is 2.30. The van der Waals surface area contributed by atoms with Crippen LogP contribution in [0.4, 0.5) is 0 Å². The minimum absolute atomic E-state index is 0.117. The van der Waals surface area contributed by atoms with Crippen LogP contribution in [0.1, 0.15) is 6.42 Å². The standard InChI is InChI=1S/C9H16O6/c1-2-3-9(14)8(13)7(12)6(11)5(4-10)15-9/h2,5-8,10-14H,1,3-4H2/t5-,6+,7+,8-,9?/m1/s1. The molecular formula is C9H16O6. The van der Waals surface area contributed by atoms with Gasteiger partial charge in [-0.1, -0.05) is 6.08 Å². The van der Waals surface area contributed by atoms with E-state index >= 15 is 0 Å². The molecule has 88 valence electrons. The van der Waals surface area contributed by atoms with Gasteiger partial charge in [0.25, 0.3) is 0 Å². The van der Waals surface area contributed by atoms with Gasteiger partial charge < -0.3 is 30.3 Å². The van der Waals surface area contributed by atoms with E-state index in [1.54, 1.807) is 0 Å². The maximum Gasteiger partial charge on any atom is 0.198 e. The first-order chi connectivity index (χ1) is 6.96. The second-order valence-corrected chi connectivity index (χ2v) is 3.60. The molecule has 1 heterocycles. The Balaban J connectivity index is 2.86. The Morgan fingerprint density at radius 1 is 1.27 bits per heavy atom. The predicted molar refractivity (Wildman–Crippen MR) is 49.7 cm³/mol. The molecule has 1 rings (SSSR count). The van der Waals surface area contributed by atoms with Gasteiger partial charge in [-0.3, -0.25) is 0 Å². The molecule has 1 aliphatic rings. The van der Waals surface area contributed by atoms with Gasteiger partial charge in [-0.15, -0.1) is 6.58 Å². The van der Waals surface area contributed by atoms with Gasteiger partial charge in [-0.05, 0) is 0 Å². The van der Waals surface area contributed by atoms with E-state index in [-0.39, 0.29) is 6.42 Å². The first-order valence-electron chi connectivity index (χ1n) is 4.62. The highest BCUT2D eigenvalue weighted by molar-refractivity contribution is 4.98. The molecule has 0 aromatic carbocycles. The molecule has 1 fully saturated rings. The van der Waals surface area contributed by atoms with E-state index in [0.29, 0.717) is 0 Å². The van der Waals surface area contributed by atoms with Gasteiger partial charge >= 0.3 is 0 Å². The first-order valence-corrected chi connectivity index (χ1v) is 4.62. The van der Waals surface area contributed by atoms with Crippen molar-refractivity contribution in [3.05, 3.63) is 12.7 Å². The van der Waals surface area contributed by atoms with E-state index in [4.69, 9.17) is 9.84 Å². The third-order valence-corrected chi connectivity index (χ3v) is 2.49. The lowest BCUT2D eigenvalue weighted by atomic mass is 9.91. The summed E-state index contributed by atoms with van der Waals surface area (Å²) in [5, 5.41) is 47.0. The van der Waals surface area contributed by atoms with Crippen molar-refractivity contribution < 1.29 is 30.3 Å². The Bertz CT molecular complexity index is 231. The number of aliphatic hydroxyl groups is 5. The van der Waals surface area contributed by atoms with Crippen molar-refractivity contribution in [1.29, 1.82) is 0 Å². The van der Waals surface area contributed by atoms with Crippen molar-refractivity contribution in [3.8, 4) is 0 Å². The number of hydrogen-bond acceptors (Lipinski definition) is 6. The van der Waals surface area contributed by atoms with Gasteiger partial charge in [0.1, 0.15) is 24.4 Å². The van der Waals surface area contributed by atoms with E-state index in [0.717, 1.165) is 0 Å². The summed E-state index contributed by atoms with van der Waals surface area (Å²) in [6, 6.07) is 0. The zero-order chi connectivity index (χ0) is 11.6. The molecule has 0 spiro atoms. The van der Waals surface area contributed by atoms with Crippen molar-refractivity contribution in [2.24, 2.45) is 0 Å². The Hall–Kier alpha value is -0.500. The summed E-state index contributed by atoms with van der Waals surface area (Å²) in [5.74, 6) is -2.02. The summed E-state index contributed by atoms with van der Waals surface area (Å²) in [7, 11) is 0. The average molecular weight is 220 g/mol. The average Bonchev–Trinajstić information content (AvgIpc) is 2.21. The molecule has 0 saturated carbocycles. The molecule has 0 aliphatic carbocycles. The first kappa shape index (κ1) is 12.6. The third-order valence-electron chi connectivity index (χ3n) is 2.49. The van der Waals surface area contributed by atoms with Crippen LogP contribution in [0.3, 0.4) is 0 Å². The van der Waals surface area contributed by atoms with Gasteiger partial charge in [-0.25, -0.2) is 0 Å². The van der Waals surface area contributed by atoms with Crippen LogP contribution >= 0.6 is 0 Å². The molecule has 1 unspecified atom stereocenters. The van der Waals surface area contributed by atoms with Gasteiger partial charge in [0, 0.05) is 6.42 Å². The molecule has 6 heteroatoms. The highest BCUT2D eigenvalue weighted by Gasteiger charge is 2.51. The quantitative estimate of drug-likeness (QED) is 0.343. The number of rotatable bonds is 3. The summed E-state index contributed by atoms with van der Waals surface area (Å²) in [4.78, 5) is 0. The fourth-order valence-corrected chi connectivity index (χ4v) is 1.60. The van der Waals surface area contributed by atoms with Gasteiger partial charge in [0.2, 0.25) is 0 Å². The minimum atomic E-state index is -2.02. The molecule has 0 aromatic rings. The van der Waals surface area contributed by atoms with Crippen LogP contribution in [0.5, 0.6) is 0 Å². The summed E-state index contributed by atoms with van der Waals surface area (Å²) < 4.78 is 4.93. The lowest BCUT2D eigenvalue weighted by Gasteiger charge is -2.45. The molecule has 1 aliphatic heterocycles. The van der Waals surface area contributed by atoms with Crippen LogP contribution < -0.4 is 0 Å². The molecule has 5 atom stereocenters. The molecule has 0 bridgehead atoms. The Labute approximate surface area is 87.0 Å². The van der Waals surface area contributed by atoms with Crippen molar-refractivity contribution in [2.45, 2.75) is 36.6 Å². The monoisotopic (exact) mass is 220 g/mol. The summed E-state index contributed by atoms with van der Waals surface area (Å²) in [5.41, 5.74) is 0. The zero-order valence-corrected chi connectivity index (χ0v) is 8.15. The van der Waals surface area contributed by atoms with Gasteiger partial charge in [-0.2, -0.15) is 0 Å². The lowest BCUT2D eigenvalue weighted by Crippen LogP contribution is -2.64. The van der Waals surface area contributed by atoms with E-state index in [2.05, 4.69) is 6.58 Å². The second-order valence-electron chi connectivity index (χ2n) is 3.60. The number of ether oxygens (including phenoxy) is 1. The Morgan fingerprint density at radius 3 is 2.33 bits per heavy atom. The molecule has 0 amide bonds. The molecule has 0 aromatic heterocycles. The smallest absolute Gasteiger partial charge is 0.198 e. The minimum Gasteiger partial charge on any atom is -0.394 e. The summed E-state index contributed by atoms with van der Waals surface area (Å²) in [6.45, 7) is 2.81. The van der Waals surface area contributed by atoms with Crippen molar-refractivity contribution in [2.75, 3.05) is 6.61 Å². The van der Waals surface area contributed by atoms with Crippen LogP contribution in [-0.4, -0.2) is 62.3 Å². The number of aliphatic hydroxyl groups excluding tert-OH is 4. The van der Waals surface area contributed by atoms with E-state index < -0.39 is 36.8 Å². The Kier molecular flexibility index (Phi) is 3.82. The van der Waals surface area contributed by atoms with Crippen molar-refractivity contribution in [3.63, 3.8) is 0 Å². The van der Waals surface area contributed by atoms with E-state index in [1.165, 1.54) is 6.08 Å². The third kappa shape index (κ3) is 2.20. The maximum absolute atomic E-state index is 9.80. The van der Waals surface area contributed by atoms with Crippen LogP contribution in [0.2, 0.25) is 0 Å². The van der Waals surface area contributed by atoms with E-state index in [1.807, 2.05) is 0 Å². The largest absolute Gasteiger partial charge is 0.394 e. The lowest BCUT2D eigenvalue weighted by molar-refractivity contribution is -0.347. The molecular weight excluding hydrogens is 204 g/mol.